The third-order valence-corrected chi connectivity index (χ3v) is 5.30. The van der Waals surface area contributed by atoms with Crippen LogP contribution in [-0.2, 0) is 0 Å². The van der Waals surface area contributed by atoms with Crippen molar-refractivity contribution in [1.82, 2.24) is 9.55 Å². The van der Waals surface area contributed by atoms with E-state index in [0.29, 0.717) is 9.52 Å². The molecule has 3 nitrogen and oxygen atoms in total. The van der Waals surface area contributed by atoms with Gasteiger partial charge in [0.25, 0.3) is 0 Å². The standard InChI is InChI=1S/C15H15FIN3S/c1-2-4-12(14-5-3-6-21-14)20-13-7-9(16)10(17)8-11(13)19-15(20)18/h3,5-8,12H,2,4H2,1H3,(H2,18,19). The van der Waals surface area contributed by atoms with Crippen molar-refractivity contribution in [2.75, 3.05) is 5.73 Å². The van der Waals surface area contributed by atoms with Gasteiger partial charge in [-0.25, -0.2) is 9.37 Å². The van der Waals surface area contributed by atoms with E-state index in [2.05, 4.69) is 23.4 Å². The summed E-state index contributed by atoms with van der Waals surface area (Å²) < 4.78 is 16.5. The van der Waals surface area contributed by atoms with Crippen LogP contribution >= 0.6 is 33.9 Å². The molecule has 3 rings (SSSR count). The molecule has 0 amide bonds. The molecule has 6 heteroatoms. The Balaban J connectivity index is 2.21. The predicted molar refractivity (Wildman–Crippen MR) is 94.2 cm³/mol. The second kappa shape index (κ2) is 5.92. The van der Waals surface area contributed by atoms with Crippen LogP contribution in [0.2, 0.25) is 0 Å². The number of hydrogen-bond acceptors (Lipinski definition) is 3. The summed E-state index contributed by atoms with van der Waals surface area (Å²) in [5.41, 5.74) is 7.63. The second-order valence-corrected chi connectivity index (χ2v) is 7.06. The number of thiophene rings is 1. The minimum absolute atomic E-state index is 0.111. The number of hydrogen-bond donors (Lipinski definition) is 1. The lowest BCUT2D eigenvalue weighted by atomic mass is 10.1. The van der Waals surface area contributed by atoms with Gasteiger partial charge in [0.05, 0.1) is 20.6 Å². The minimum Gasteiger partial charge on any atom is -0.369 e. The van der Waals surface area contributed by atoms with E-state index >= 15 is 0 Å². The largest absolute Gasteiger partial charge is 0.369 e. The summed E-state index contributed by atoms with van der Waals surface area (Å²) in [5.74, 6) is 0.212. The van der Waals surface area contributed by atoms with Gasteiger partial charge in [-0.3, -0.25) is 0 Å². The van der Waals surface area contributed by atoms with Crippen molar-refractivity contribution in [1.29, 1.82) is 0 Å². The monoisotopic (exact) mass is 415 g/mol. The van der Waals surface area contributed by atoms with E-state index in [1.54, 1.807) is 17.4 Å². The van der Waals surface area contributed by atoms with Gasteiger partial charge in [0.2, 0.25) is 5.95 Å². The van der Waals surface area contributed by atoms with Crippen LogP contribution in [0, 0.1) is 9.39 Å². The molecule has 0 aliphatic heterocycles. The first-order valence-electron chi connectivity index (χ1n) is 6.77. The maximum atomic E-state index is 13.9. The Bertz CT molecular complexity index is 767. The van der Waals surface area contributed by atoms with E-state index in [1.807, 2.05) is 33.2 Å². The van der Waals surface area contributed by atoms with Gasteiger partial charge >= 0.3 is 0 Å². The average Bonchev–Trinajstić information content (AvgIpc) is 3.06. The number of fused-ring (bicyclic) bond motifs is 1. The van der Waals surface area contributed by atoms with Crippen LogP contribution in [0.4, 0.5) is 10.3 Å². The fraction of sp³-hybridized carbons (Fsp3) is 0.267. The molecule has 0 radical (unpaired) electrons. The zero-order chi connectivity index (χ0) is 15.0. The fourth-order valence-corrected chi connectivity index (χ4v) is 3.89. The van der Waals surface area contributed by atoms with Gasteiger partial charge in [0, 0.05) is 10.9 Å². The van der Waals surface area contributed by atoms with E-state index in [0.717, 1.165) is 23.9 Å². The number of benzene rings is 1. The van der Waals surface area contributed by atoms with Crippen LogP contribution < -0.4 is 5.73 Å². The van der Waals surface area contributed by atoms with Gasteiger partial charge in [0.1, 0.15) is 5.82 Å². The number of nitrogens with zero attached hydrogens (tertiary/aromatic N) is 2. The van der Waals surface area contributed by atoms with Crippen molar-refractivity contribution >= 4 is 50.9 Å². The van der Waals surface area contributed by atoms with E-state index in [4.69, 9.17) is 5.73 Å². The molecule has 0 aliphatic rings. The highest BCUT2D eigenvalue weighted by molar-refractivity contribution is 14.1. The lowest BCUT2D eigenvalue weighted by Crippen LogP contribution is -2.12. The Morgan fingerprint density at radius 3 is 2.95 bits per heavy atom. The van der Waals surface area contributed by atoms with Gasteiger partial charge in [-0.1, -0.05) is 19.4 Å². The fourth-order valence-electron chi connectivity index (χ4n) is 2.59. The summed E-state index contributed by atoms with van der Waals surface area (Å²) in [6.45, 7) is 2.14. The van der Waals surface area contributed by atoms with E-state index in [1.165, 1.54) is 10.9 Å². The highest BCUT2D eigenvalue weighted by Gasteiger charge is 2.21. The van der Waals surface area contributed by atoms with Crippen molar-refractivity contribution < 1.29 is 4.39 Å². The van der Waals surface area contributed by atoms with Gasteiger partial charge in [0.15, 0.2) is 0 Å². The summed E-state index contributed by atoms with van der Waals surface area (Å²) in [5, 5.41) is 2.05. The molecular weight excluding hydrogens is 400 g/mol. The zero-order valence-electron chi connectivity index (χ0n) is 11.5. The van der Waals surface area contributed by atoms with Gasteiger partial charge in [-0.05, 0) is 46.5 Å². The van der Waals surface area contributed by atoms with Crippen molar-refractivity contribution in [2.24, 2.45) is 0 Å². The lowest BCUT2D eigenvalue weighted by molar-refractivity contribution is 0.558. The van der Waals surface area contributed by atoms with Crippen molar-refractivity contribution in [3.8, 4) is 0 Å². The molecule has 3 aromatic rings. The van der Waals surface area contributed by atoms with Gasteiger partial charge in [-0.2, -0.15) is 0 Å². The Labute approximate surface area is 140 Å². The van der Waals surface area contributed by atoms with E-state index in [-0.39, 0.29) is 11.9 Å². The maximum absolute atomic E-state index is 13.9. The maximum Gasteiger partial charge on any atom is 0.201 e. The molecule has 0 spiro atoms. The summed E-state index contributed by atoms with van der Waals surface area (Å²) in [4.78, 5) is 5.63. The van der Waals surface area contributed by atoms with Crippen molar-refractivity contribution in [3.63, 3.8) is 0 Å². The number of nitrogen functional groups attached to an aromatic ring is 1. The average molecular weight is 415 g/mol. The van der Waals surface area contributed by atoms with Crippen LogP contribution in [0.15, 0.2) is 29.6 Å². The third kappa shape index (κ3) is 2.66. The van der Waals surface area contributed by atoms with Crippen LogP contribution in [0.25, 0.3) is 11.0 Å². The molecule has 0 fully saturated rings. The molecule has 0 saturated heterocycles. The van der Waals surface area contributed by atoms with Crippen LogP contribution in [-0.4, -0.2) is 9.55 Å². The Morgan fingerprint density at radius 2 is 2.29 bits per heavy atom. The SMILES string of the molecule is CCCC(c1cccs1)n1c(N)nc2cc(I)c(F)cc21. The highest BCUT2D eigenvalue weighted by atomic mass is 127. The first-order chi connectivity index (χ1) is 10.1. The second-order valence-electron chi connectivity index (χ2n) is 4.91. The normalized spacial score (nSPS) is 12.9. The number of nitrogens with two attached hydrogens (primary N) is 1. The van der Waals surface area contributed by atoms with E-state index < -0.39 is 0 Å². The van der Waals surface area contributed by atoms with Crippen molar-refractivity contribution in [3.05, 3.63) is 43.9 Å². The molecule has 2 aromatic heterocycles. The summed E-state index contributed by atoms with van der Waals surface area (Å²) in [6, 6.07) is 7.52. The van der Waals surface area contributed by atoms with Crippen LogP contribution in [0.1, 0.15) is 30.7 Å². The van der Waals surface area contributed by atoms with Gasteiger partial charge in [-0.15, -0.1) is 11.3 Å². The molecule has 21 heavy (non-hydrogen) atoms. The first kappa shape index (κ1) is 14.8. The number of rotatable bonds is 4. The van der Waals surface area contributed by atoms with Crippen LogP contribution in [0.5, 0.6) is 0 Å². The topological polar surface area (TPSA) is 43.8 Å². The number of anilines is 1. The first-order valence-corrected chi connectivity index (χ1v) is 8.73. The zero-order valence-corrected chi connectivity index (χ0v) is 14.5. The molecule has 2 N–H and O–H groups in total. The molecule has 2 heterocycles. The summed E-state index contributed by atoms with van der Waals surface area (Å²) >= 11 is 3.67. The molecule has 1 aromatic carbocycles. The number of aromatic nitrogens is 2. The summed E-state index contributed by atoms with van der Waals surface area (Å²) in [6.07, 6.45) is 1.97. The Morgan fingerprint density at radius 1 is 1.48 bits per heavy atom. The number of imidazole rings is 1. The molecule has 1 atom stereocenters. The molecule has 0 bridgehead atoms. The smallest absolute Gasteiger partial charge is 0.201 e. The molecule has 0 aliphatic carbocycles. The van der Waals surface area contributed by atoms with Crippen molar-refractivity contribution in [2.45, 2.75) is 25.8 Å². The summed E-state index contributed by atoms with van der Waals surface area (Å²) in [7, 11) is 0. The Kier molecular flexibility index (Phi) is 4.17. The molecule has 1 unspecified atom stereocenters. The number of halogens is 2. The highest BCUT2D eigenvalue weighted by Crippen LogP contribution is 2.34. The van der Waals surface area contributed by atoms with Gasteiger partial charge < -0.3 is 10.3 Å². The quantitative estimate of drug-likeness (QED) is 0.622. The Hall–Kier alpha value is -1.15. The molecule has 110 valence electrons. The third-order valence-electron chi connectivity index (χ3n) is 3.50. The molecule has 0 saturated carbocycles. The lowest BCUT2D eigenvalue weighted by Gasteiger charge is -2.19. The minimum atomic E-state index is -0.231. The molecular formula is C15H15FIN3S. The predicted octanol–water partition coefficient (Wildman–Crippen LogP) is 4.81. The van der Waals surface area contributed by atoms with Crippen LogP contribution in [0.3, 0.4) is 0 Å². The van der Waals surface area contributed by atoms with E-state index in [9.17, 15) is 4.39 Å².